The maximum Gasteiger partial charge on any atom is 0.336 e. The molecule has 1 aliphatic rings. The molecule has 1 aliphatic heterocycles. The summed E-state index contributed by atoms with van der Waals surface area (Å²) in [5.74, 6) is -0.988. The molecule has 0 saturated heterocycles. The minimum atomic E-state index is -1.03. The molecule has 0 aliphatic carbocycles. The molecule has 76 valence electrons. The zero-order chi connectivity index (χ0) is 10.8. The monoisotopic (exact) mass is 204 g/mol. The number of amidine groups is 1. The molecule has 0 atom stereocenters. The highest BCUT2D eigenvalue weighted by Crippen LogP contribution is 2.11. The Bertz CT molecular complexity index is 465. The average Bonchev–Trinajstić information content (AvgIpc) is 2.65. The first-order valence-corrected chi connectivity index (χ1v) is 4.36. The van der Waals surface area contributed by atoms with Crippen molar-refractivity contribution in [3.8, 4) is 0 Å². The van der Waals surface area contributed by atoms with E-state index in [1.54, 1.807) is 18.2 Å². The summed E-state index contributed by atoms with van der Waals surface area (Å²) in [5.41, 5.74) is 0.578. The second-order valence-corrected chi connectivity index (χ2v) is 3.06. The zero-order valence-corrected chi connectivity index (χ0v) is 7.73. The molecular formula is C10H8N2O3. The molecule has 1 aromatic rings. The molecule has 0 unspecified atom stereocenters. The highest BCUT2D eigenvalue weighted by molar-refractivity contribution is 6.14. The second kappa shape index (κ2) is 3.53. The van der Waals surface area contributed by atoms with Gasteiger partial charge < -0.3 is 10.4 Å². The number of carbonyl (C=O) groups is 2. The second-order valence-electron chi connectivity index (χ2n) is 3.06. The van der Waals surface area contributed by atoms with Gasteiger partial charge in [0, 0.05) is 5.56 Å². The van der Waals surface area contributed by atoms with Gasteiger partial charge in [0.15, 0.2) is 0 Å². The lowest BCUT2D eigenvalue weighted by Gasteiger charge is -2.04. The molecule has 15 heavy (non-hydrogen) atoms. The first-order valence-electron chi connectivity index (χ1n) is 4.36. The number of benzene rings is 1. The molecular weight excluding hydrogens is 196 g/mol. The maximum absolute atomic E-state index is 10.9. The van der Waals surface area contributed by atoms with Gasteiger partial charge in [-0.25, -0.2) is 4.79 Å². The van der Waals surface area contributed by atoms with E-state index in [-0.39, 0.29) is 18.0 Å². The number of rotatable bonds is 2. The van der Waals surface area contributed by atoms with Crippen LogP contribution in [0.2, 0.25) is 0 Å². The Labute approximate surface area is 85.4 Å². The van der Waals surface area contributed by atoms with E-state index < -0.39 is 5.97 Å². The summed E-state index contributed by atoms with van der Waals surface area (Å²) < 4.78 is 0. The molecule has 1 aromatic carbocycles. The van der Waals surface area contributed by atoms with Gasteiger partial charge in [-0.1, -0.05) is 18.2 Å². The van der Waals surface area contributed by atoms with Gasteiger partial charge in [-0.15, -0.1) is 0 Å². The first kappa shape index (κ1) is 9.39. The summed E-state index contributed by atoms with van der Waals surface area (Å²) in [6.07, 6.45) is 0. The number of hydrogen-bond acceptors (Lipinski definition) is 3. The predicted octanol–water partition coefficient (Wildman–Crippen LogP) is 0.261. The Morgan fingerprint density at radius 2 is 2.13 bits per heavy atom. The lowest BCUT2D eigenvalue weighted by atomic mass is 10.1. The number of nitrogens with zero attached hydrogens (tertiary/aromatic N) is 1. The van der Waals surface area contributed by atoms with Gasteiger partial charge in [-0.3, -0.25) is 4.79 Å². The summed E-state index contributed by atoms with van der Waals surface area (Å²) in [6, 6.07) is 6.43. The molecule has 2 N–H and O–H groups in total. The molecule has 5 nitrogen and oxygen atoms in total. The summed E-state index contributed by atoms with van der Waals surface area (Å²) in [4.78, 5) is 25.5. The number of amides is 1. The van der Waals surface area contributed by atoms with Crippen LogP contribution in [0, 0.1) is 0 Å². The molecule has 1 heterocycles. The van der Waals surface area contributed by atoms with Crippen molar-refractivity contribution in [3.63, 3.8) is 0 Å². The highest BCUT2D eigenvalue weighted by Gasteiger charge is 2.19. The van der Waals surface area contributed by atoms with Gasteiger partial charge >= 0.3 is 5.97 Å². The van der Waals surface area contributed by atoms with Gasteiger partial charge in [0.05, 0.1) is 12.1 Å². The van der Waals surface area contributed by atoms with Crippen molar-refractivity contribution in [1.29, 1.82) is 0 Å². The van der Waals surface area contributed by atoms with Crippen molar-refractivity contribution >= 4 is 17.7 Å². The van der Waals surface area contributed by atoms with Gasteiger partial charge in [0.2, 0.25) is 0 Å². The molecule has 0 bridgehead atoms. The standard InChI is InChI=1S/C10H8N2O3/c13-8-5-11-9(12-8)6-3-1-2-4-7(6)10(14)15/h1-4H,5H2,(H,14,15)(H,11,12,13). The minimum Gasteiger partial charge on any atom is -0.478 e. The summed E-state index contributed by atoms with van der Waals surface area (Å²) in [5, 5.41) is 11.7. The van der Waals surface area contributed by atoms with E-state index >= 15 is 0 Å². The van der Waals surface area contributed by atoms with E-state index in [0.29, 0.717) is 11.4 Å². The average molecular weight is 204 g/mol. The van der Waals surface area contributed by atoms with E-state index in [1.807, 2.05) is 0 Å². The van der Waals surface area contributed by atoms with E-state index in [4.69, 9.17) is 5.11 Å². The fraction of sp³-hybridized carbons (Fsp3) is 0.100. The smallest absolute Gasteiger partial charge is 0.336 e. The number of aliphatic imine (C=N–C) groups is 1. The topological polar surface area (TPSA) is 78.8 Å². The Kier molecular flexibility index (Phi) is 2.21. The normalized spacial score (nSPS) is 14.7. The number of carbonyl (C=O) groups excluding carboxylic acids is 1. The number of carboxylic acids is 1. The van der Waals surface area contributed by atoms with Crippen molar-refractivity contribution in [2.75, 3.05) is 6.54 Å². The highest BCUT2D eigenvalue weighted by atomic mass is 16.4. The van der Waals surface area contributed by atoms with Crippen LogP contribution in [0.25, 0.3) is 0 Å². The Balaban J connectivity index is 2.48. The van der Waals surface area contributed by atoms with E-state index in [2.05, 4.69) is 10.3 Å². The Morgan fingerprint density at radius 1 is 1.40 bits per heavy atom. The third kappa shape index (κ3) is 1.71. The van der Waals surface area contributed by atoms with Crippen LogP contribution in [0.5, 0.6) is 0 Å². The molecule has 0 aromatic heterocycles. The number of aromatic carboxylic acids is 1. The van der Waals surface area contributed by atoms with Crippen molar-refractivity contribution < 1.29 is 14.7 Å². The van der Waals surface area contributed by atoms with Crippen LogP contribution in [0.3, 0.4) is 0 Å². The fourth-order valence-corrected chi connectivity index (χ4v) is 1.39. The number of carboxylic acid groups (broad SMARTS) is 1. The maximum atomic E-state index is 10.9. The molecule has 0 saturated carbocycles. The Hall–Kier alpha value is -2.17. The quantitative estimate of drug-likeness (QED) is 0.724. The molecule has 1 amide bonds. The molecule has 0 fully saturated rings. The largest absolute Gasteiger partial charge is 0.478 e. The van der Waals surface area contributed by atoms with Crippen LogP contribution in [0.15, 0.2) is 29.3 Å². The summed E-state index contributed by atoms with van der Waals surface area (Å²) in [7, 11) is 0. The van der Waals surface area contributed by atoms with Crippen LogP contribution in [0.4, 0.5) is 0 Å². The lowest BCUT2D eigenvalue weighted by molar-refractivity contribution is -0.116. The van der Waals surface area contributed by atoms with Crippen LogP contribution in [0.1, 0.15) is 15.9 Å². The van der Waals surface area contributed by atoms with Crippen LogP contribution in [-0.4, -0.2) is 29.4 Å². The fourth-order valence-electron chi connectivity index (χ4n) is 1.39. The number of nitrogens with one attached hydrogen (secondary N) is 1. The zero-order valence-electron chi connectivity index (χ0n) is 7.73. The van der Waals surface area contributed by atoms with Crippen molar-refractivity contribution in [2.24, 2.45) is 4.99 Å². The third-order valence-electron chi connectivity index (χ3n) is 2.06. The molecule has 2 rings (SSSR count). The summed E-state index contributed by atoms with van der Waals surface area (Å²) in [6.45, 7) is 0.128. The van der Waals surface area contributed by atoms with Crippen LogP contribution < -0.4 is 5.32 Å². The number of hydrogen-bond donors (Lipinski definition) is 2. The van der Waals surface area contributed by atoms with Crippen molar-refractivity contribution in [2.45, 2.75) is 0 Å². The van der Waals surface area contributed by atoms with Gasteiger partial charge in [0.1, 0.15) is 5.84 Å². The van der Waals surface area contributed by atoms with Gasteiger partial charge in [-0.05, 0) is 6.07 Å². The molecule has 0 spiro atoms. The van der Waals surface area contributed by atoms with E-state index in [9.17, 15) is 9.59 Å². The van der Waals surface area contributed by atoms with E-state index in [1.165, 1.54) is 6.07 Å². The predicted molar refractivity (Wildman–Crippen MR) is 52.9 cm³/mol. The first-order chi connectivity index (χ1) is 7.18. The van der Waals surface area contributed by atoms with Gasteiger partial charge in [0.25, 0.3) is 5.91 Å². The molecule has 5 heteroatoms. The van der Waals surface area contributed by atoms with Crippen LogP contribution >= 0.6 is 0 Å². The van der Waals surface area contributed by atoms with Crippen molar-refractivity contribution in [1.82, 2.24) is 5.32 Å². The Morgan fingerprint density at radius 3 is 2.73 bits per heavy atom. The van der Waals surface area contributed by atoms with Crippen LogP contribution in [-0.2, 0) is 4.79 Å². The lowest BCUT2D eigenvalue weighted by Crippen LogP contribution is -2.22. The SMILES string of the molecule is O=C1CNC(c2ccccc2C(=O)O)=N1. The third-order valence-corrected chi connectivity index (χ3v) is 2.06. The van der Waals surface area contributed by atoms with E-state index in [0.717, 1.165) is 0 Å². The van der Waals surface area contributed by atoms with Crippen molar-refractivity contribution in [3.05, 3.63) is 35.4 Å². The minimum absolute atomic E-state index is 0.128. The van der Waals surface area contributed by atoms with Gasteiger partial charge in [-0.2, -0.15) is 4.99 Å². The molecule has 0 radical (unpaired) electrons. The summed E-state index contributed by atoms with van der Waals surface area (Å²) >= 11 is 0.